The number of rotatable bonds is 7. The van der Waals surface area contributed by atoms with Crippen molar-refractivity contribution in [3.63, 3.8) is 0 Å². The fraction of sp³-hybridized carbons (Fsp3) is 0.278. The number of carbonyl (C=O) groups is 1. The number of carbonyl (C=O) groups excluding carboxylic acids is 1. The number of aryl methyl sites for hydroxylation is 1. The number of nitrogens with one attached hydrogen (secondary N) is 1. The molecule has 1 aromatic carbocycles. The number of furan rings is 1. The second-order valence-electron chi connectivity index (χ2n) is 5.70. The Morgan fingerprint density at radius 2 is 1.88 bits per heavy atom. The Labute approximate surface area is 148 Å². The summed E-state index contributed by atoms with van der Waals surface area (Å²) in [6.07, 6.45) is 4.99. The second-order valence-corrected chi connectivity index (χ2v) is 7.79. The first kappa shape index (κ1) is 19.0. The molecule has 6 nitrogen and oxygen atoms in total. The van der Waals surface area contributed by atoms with E-state index < -0.39 is 10.0 Å². The van der Waals surface area contributed by atoms with E-state index in [-0.39, 0.29) is 12.5 Å². The van der Waals surface area contributed by atoms with Crippen molar-refractivity contribution in [2.45, 2.75) is 19.9 Å². The quantitative estimate of drug-likeness (QED) is 0.768. The molecule has 25 heavy (non-hydrogen) atoms. The highest BCUT2D eigenvalue weighted by Crippen LogP contribution is 2.14. The van der Waals surface area contributed by atoms with E-state index in [4.69, 9.17) is 4.42 Å². The number of hydrogen-bond acceptors (Lipinski definition) is 4. The number of sulfonamides is 1. The zero-order valence-corrected chi connectivity index (χ0v) is 15.3. The summed E-state index contributed by atoms with van der Waals surface area (Å²) in [4.78, 5) is 11.9. The Bertz CT molecular complexity index is 851. The van der Waals surface area contributed by atoms with Gasteiger partial charge in [0.15, 0.2) is 0 Å². The third-order valence-corrected chi connectivity index (χ3v) is 4.92. The average molecular weight is 362 g/mol. The van der Waals surface area contributed by atoms with Crippen LogP contribution < -0.4 is 5.32 Å². The summed E-state index contributed by atoms with van der Waals surface area (Å²) in [7, 11) is -1.79. The molecule has 2 aromatic rings. The molecule has 1 aromatic heterocycles. The maximum atomic E-state index is 11.9. The van der Waals surface area contributed by atoms with Gasteiger partial charge in [0, 0.05) is 18.8 Å². The minimum absolute atomic E-state index is 0.142. The lowest BCUT2D eigenvalue weighted by atomic mass is 10.1. The molecule has 0 aliphatic rings. The summed E-state index contributed by atoms with van der Waals surface area (Å²) < 4.78 is 29.5. The number of benzene rings is 1. The summed E-state index contributed by atoms with van der Waals surface area (Å²) in [5.74, 6) is 0.715. The maximum absolute atomic E-state index is 11.9. The Morgan fingerprint density at radius 3 is 2.48 bits per heavy atom. The first-order valence-electron chi connectivity index (χ1n) is 7.86. The van der Waals surface area contributed by atoms with Gasteiger partial charge in [0.05, 0.1) is 12.8 Å². The molecule has 0 fully saturated rings. The van der Waals surface area contributed by atoms with Crippen LogP contribution >= 0.6 is 0 Å². The molecule has 0 saturated heterocycles. The van der Waals surface area contributed by atoms with Crippen LogP contribution in [0.25, 0.3) is 6.08 Å². The van der Waals surface area contributed by atoms with E-state index in [2.05, 4.69) is 12.2 Å². The molecule has 0 unspecified atom stereocenters. The molecule has 1 amide bonds. The Balaban J connectivity index is 1.93. The van der Waals surface area contributed by atoms with E-state index in [0.29, 0.717) is 11.5 Å². The highest BCUT2D eigenvalue weighted by Gasteiger charge is 2.13. The standard InChI is InChI=1S/C18H22N2O4S/c1-4-14-5-7-15(8-6-14)19-18(21)12-11-16-9-10-17(24-16)13-20(2)25(3,22)23/h5-12H,4,13H2,1-3H3,(H,19,21)/b12-11+. The van der Waals surface area contributed by atoms with Crippen molar-refractivity contribution in [1.82, 2.24) is 4.31 Å². The van der Waals surface area contributed by atoms with Crippen molar-refractivity contribution in [2.24, 2.45) is 0 Å². The highest BCUT2D eigenvalue weighted by atomic mass is 32.2. The maximum Gasteiger partial charge on any atom is 0.248 e. The van der Waals surface area contributed by atoms with Crippen molar-refractivity contribution in [3.8, 4) is 0 Å². The van der Waals surface area contributed by atoms with Crippen molar-refractivity contribution < 1.29 is 17.6 Å². The van der Waals surface area contributed by atoms with Gasteiger partial charge in [0.1, 0.15) is 11.5 Å². The van der Waals surface area contributed by atoms with Gasteiger partial charge in [-0.15, -0.1) is 0 Å². The molecule has 0 aliphatic carbocycles. The number of amides is 1. The van der Waals surface area contributed by atoms with Crippen LogP contribution in [-0.2, 0) is 27.8 Å². The minimum atomic E-state index is -3.27. The van der Waals surface area contributed by atoms with Crippen molar-refractivity contribution in [2.75, 3.05) is 18.6 Å². The minimum Gasteiger partial charge on any atom is -0.460 e. The molecule has 1 heterocycles. The molecule has 1 N–H and O–H groups in total. The monoisotopic (exact) mass is 362 g/mol. The zero-order valence-electron chi connectivity index (χ0n) is 14.5. The van der Waals surface area contributed by atoms with Crippen molar-refractivity contribution in [3.05, 3.63) is 59.6 Å². The lowest BCUT2D eigenvalue weighted by Gasteiger charge is -2.11. The van der Waals surface area contributed by atoms with Gasteiger partial charge in [-0.25, -0.2) is 8.42 Å². The molecule has 7 heteroatoms. The lowest BCUT2D eigenvalue weighted by molar-refractivity contribution is -0.111. The van der Waals surface area contributed by atoms with Crippen molar-refractivity contribution >= 4 is 27.7 Å². The van der Waals surface area contributed by atoms with Crippen LogP contribution in [0.2, 0.25) is 0 Å². The summed E-state index contributed by atoms with van der Waals surface area (Å²) in [5.41, 5.74) is 1.93. The third kappa shape index (κ3) is 5.88. The molecular formula is C18H22N2O4S. The molecule has 0 bridgehead atoms. The van der Waals surface area contributed by atoms with E-state index in [1.165, 1.54) is 23.0 Å². The summed E-state index contributed by atoms with van der Waals surface area (Å²) >= 11 is 0. The van der Waals surface area contributed by atoms with Crippen LogP contribution in [0.15, 0.2) is 46.9 Å². The molecule has 0 spiro atoms. The normalized spacial score (nSPS) is 12.0. The predicted molar refractivity (Wildman–Crippen MR) is 98.5 cm³/mol. The highest BCUT2D eigenvalue weighted by molar-refractivity contribution is 7.88. The van der Waals surface area contributed by atoms with Crippen LogP contribution in [0.3, 0.4) is 0 Å². The van der Waals surface area contributed by atoms with Gasteiger partial charge >= 0.3 is 0 Å². The van der Waals surface area contributed by atoms with Gasteiger partial charge in [0.25, 0.3) is 0 Å². The van der Waals surface area contributed by atoms with Crippen LogP contribution in [0.4, 0.5) is 5.69 Å². The molecule has 134 valence electrons. The Kier molecular flexibility index (Phi) is 6.17. The van der Waals surface area contributed by atoms with Crippen LogP contribution in [0.1, 0.15) is 24.0 Å². The van der Waals surface area contributed by atoms with Crippen LogP contribution in [0.5, 0.6) is 0 Å². The number of anilines is 1. The van der Waals surface area contributed by atoms with Gasteiger partial charge < -0.3 is 9.73 Å². The van der Waals surface area contributed by atoms with E-state index in [0.717, 1.165) is 18.4 Å². The smallest absolute Gasteiger partial charge is 0.248 e. The third-order valence-electron chi connectivity index (χ3n) is 3.66. The predicted octanol–water partition coefficient (Wildman–Crippen LogP) is 2.89. The summed E-state index contributed by atoms with van der Waals surface area (Å²) in [6, 6.07) is 11.0. The number of hydrogen-bond donors (Lipinski definition) is 1. The fourth-order valence-electron chi connectivity index (χ4n) is 2.07. The largest absolute Gasteiger partial charge is 0.460 e. The Hall–Kier alpha value is -2.38. The van der Waals surface area contributed by atoms with Gasteiger partial charge in [-0.05, 0) is 42.3 Å². The molecule has 0 atom stereocenters. The topological polar surface area (TPSA) is 79.6 Å². The van der Waals surface area contributed by atoms with Crippen molar-refractivity contribution in [1.29, 1.82) is 0 Å². The van der Waals surface area contributed by atoms with Gasteiger partial charge in [-0.2, -0.15) is 4.31 Å². The molecular weight excluding hydrogens is 340 g/mol. The molecule has 0 aliphatic heterocycles. The van der Waals surface area contributed by atoms with E-state index >= 15 is 0 Å². The van der Waals surface area contributed by atoms with Crippen LogP contribution in [-0.4, -0.2) is 31.9 Å². The first-order valence-corrected chi connectivity index (χ1v) is 9.71. The summed E-state index contributed by atoms with van der Waals surface area (Å²) in [6.45, 7) is 2.21. The van der Waals surface area contributed by atoms with Crippen LogP contribution in [0, 0.1) is 0 Å². The Morgan fingerprint density at radius 1 is 1.20 bits per heavy atom. The summed E-state index contributed by atoms with van der Waals surface area (Å²) in [5, 5.41) is 2.77. The van der Waals surface area contributed by atoms with E-state index in [1.807, 2.05) is 24.3 Å². The molecule has 0 saturated carbocycles. The average Bonchev–Trinajstić information content (AvgIpc) is 3.00. The van der Waals surface area contributed by atoms with E-state index in [1.54, 1.807) is 18.2 Å². The lowest BCUT2D eigenvalue weighted by Crippen LogP contribution is -2.24. The van der Waals surface area contributed by atoms with Gasteiger partial charge in [-0.1, -0.05) is 19.1 Å². The SMILES string of the molecule is CCc1ccc(NC(=O)/C=C/c2ccc(CN(C)S(C)(=O)=O)o2)cc1. The fourth-order valence-corrected chi connectivity index (χ4v) is 2.43. The van der Waals surface area contributed by atoms with Gasteiger partial charge in [-0.3, -0.25) is 4.79 Å². The molecule has 2 rings (SSSR count). The van der Waals surface area contributed by atoms with Gasteiger partial charge in [0.2, 0.25) is 15.9 Å². The number of nitrogens with zero attached hydrogens (tertiary/aromatic N) is 1. The second kappa shape index (κ2) is 8.13. The zero-order chi connectivity index (χ0) is 18.4. The van der Waals surface area contributed by atoms with E-state index in [9.17, 15) is 13.2 Å². The first-order chi connectivity index (χ1) is 11.8. The molecule has 0 radical (unpaired) electrons.